The standard InChI is InChI=1S/C17H18BrN3.C12H14BrN3.C12H12BrNO.C9H8BrN.C5H8O2.C5H10O2.H4N2/c1-4-16-15(10-13-5-7-14(18)8-6-13)17-19-11(2)9-12(3)21(17)20-16;1-2-11-10(12(14)16-15-11)7-8-3-5-9(13)6-4-8;1-2-12(15)10(8-14)7-9-3-5-11(13)6-4-9;10-9-5-3-8(4-6-9)2-1-7-11;1-4(6)3-5(2)7;1-3-5(6)7-4-2;1-2/h5-9H,4,10H2,1-3H3;3-6H,2,7H2,1H3,(H3,14,15,16);3-6,10H,2,7H2,1H3;3-6H,1-2H2;3H2,1-2H3;3-4H2,1-2H3;1-2H2. The van der Waals surface area contributed by atoms with Crippen molar-refractivity contribution in [3.05, 3.63) is 177 Å². The molecule has 0 amide bonds. The fourth-order valence-electron chi connectivity index (χ4n) is 7.19. The van der Waals surface area contributed by atoms with Crippen LogP contribution < -0.4 is 17.4 Å². The number of aromatic amines is 1. The number of halogens is 4. The lowest BCUT2D eigenvalue weighted by molar-refractivity contribution is -0.142. The van der Waals surface area contributed by atoms with Crippen LogP contribution in [-0.4, -0.2) is 54.7 Å². The first-order chi connectivity index (χ1) is 37.7. The van der Waals surface area contributed by atoms with Crippen LogP contribution in [0, 0.1) is 42.4 Å². The van der Waals surface area contributed by atoms with Gasteiger partial charge in [0.15, 0.2) is 5.65 Å². The number of carbonyl (C=O) groups excluding carboxylic acids is 4. The summed E-state index contributed by atoms with van der Waals surface area (Å²) in [7, 11) is 0. The van der Waals surface area contributed by atoms with Crippen molar-refractivity contribution < 1.29 is 23.9 Å². The number of benzene rings is 4. The fraction of sp³-hybridized carbons (Fsp3) is 0.350. The Morgan fingerprint density at radius 3 is 1.53 bits per heavy atom. The van der Waals surface area contributed by atoms with Gasteiger partial charge in [-0.05, 0) is 137 Å². The van der Waals surface area contributed by atoms with Gasteiger partial charge in [-0.25, -0.2) is 9.50 Å². The predicted molar refractivity (Wildman–Crippen MR) is 330 cm³/mol. The van der Waals surface area contributed by atoms with Crippen molar-refractivity contribution in [3.8, 4) is 12.1 Å². The smallest absolute Gasteiger partial charge is 0.305 e. The van der Waals surface area contributed by atoms with E-state index in [0.717, 1.165) is 89.5 Å². The highest BCUT2D eigenvalue weighted by Crippen LogP contribution is 2.23. The number of aryl methyl sites for hydroxylation is 5. The molecule has 0 bridgehead atoms. The molecule has 7 N–H and O–H groups in total. The number of hydrogen-bond donors (Lipinski definition) is 4. The second-order valence-corrected chi connectivity index (χ2v) is 21.1. The molecule has 0 spiro atoms. The Labute approximate surface area is 500 Å². The van der Waals surface area contributed by atoms with Crippen LogP contribution in [0.3, 0.4) is 0 Å². The molecule has 0 aliphatic heterocycles. The maximum atomic E-state index is 11.4. The third kappa shape index (κ3) is 28.0. The first kappa shape index (κ1) is 70.8. The van der Waals surface area contributed by atoms with Crippen molar-refractivity contribution in [2.24, 2.45) is 17.6 Å². The molecule has 0 aliphatic rings. The zero-order valence-electron chi connectivity index (χ0n) is 46.6. The number of hydrogen-bond acceptors (Lipinski definition) is 13. The monoisotopic (exact) mass is 1330 g/mol. The van der Waals surface area contributed by atoms with E-state index in [1.54, 1.807) is 20.8 Å². The molecule has 4 aromatic carbocycles. The quantitative estimate of drug-likeness (QED) is 0.0304. The van der Waals surface area contributed by atoms with Crippen molar-refractivity contribution >= 4 is 98.5 Å². The van der Waals surface area contributed by atoms with Crippen molar-refractivity contribution in [1.29, 1.82) is 10.5 Å². The van der Waals surface area contributed by atoms with Crippen LogP contribution in [0.15, 0.2) is 121 Å². The number of ether oxygens (including phenoxy) is 1. The maximum absolute atomic E-state index is 11.4. The van der Waals surface area contributed by atoms with Crippen molar-refractivity contribution in [2.75, 3.05) is 12.3 Å². The molecule has 1 atom stereocenters. The van der Waals surface area contributed by atoms with E-state index >= 15 is 0 Å². The van der Waals surface area contributed by atoms with Crippen LogP contribution in [0.25, 0.3) is 5.65 Å². The van der Waals surface area contributed by atoms with Gasteiger partial charge in [0, 0.05) is 78.2 Å². The van der Waals surface area contributed by atoms with Gasteiger partial charge in [0.25, 0.3) is 0 Å². The minimum Gasteiger partial charge on any atom is -0.466 e. The second-order valence-electron chi connectivity index (χ2n) is 17.4. The van der Waals surface area contributed by atoms with Crippen LogP contribution >= 0.6 is 63.7 Å². The number of esters is 1. The van der Waals surface area contributed by atoms with Gasteiger partial charge in [-0.3, -0.25) is 36.0 Å². The van der Waals surface area contributed by atoms with Gasteiger partial charge in [-0.15, -0.1) is 0 Å². The highest BCUT2D eigenvalue weighted by Gasteiger charge is 2.17. The third-order valence-corrected chi connectivity index (χ3v) is 13.2. The SMILES string of the molecule is CC(=O)CC(C)=O.CCC(=O)C(C#N)Cc1ccc(Br)cc1.CCOC(=O)CC.CCc1[nH]nc(N)c1Cc1ccc(Br)cc1.CCc1nn2c(C)cc(C)nc2c1Cc1ccc(Br)cc1.N#CCCc1ccc(Br)cc1.NN. The number of nitrogens with one attached hydrogen (secondary N) is 1. The van der Waals surface area contributed by atoms with Crippen LogP contribution in [-0.2, 0) is 62.4 Å². The lowest BCUT2D eigenvalue weighted by Crippen LogP contribution is -2.14. The summed E-state index contributed by atoms with van der Waals surface area (Å²) in [5.74, 6) is 7.87. The Kier molecular flexibility index (Phi) is 35.9. The van der Waals surface area contributed by atoms with Crippen molar-refractivity contribution in [3.63, 3.8) is 0 Å². The first-order valence-electron chi connectivity index (χ1n) is 25.6. The molecule has 79 heavy (non-hydrogen) atoms. The molecule has 15 nitrogen and oxygen atoms in total. The number of Topliss-reactive ketones (excluding diaryl/α,β-unsaturated/α-hetero) is 3. The van der Waals surface area contributed by atoms with Gasteiger partial charge in [0.05, 0.1) is 30.9 Å². The maximum Gasteiger partial charge on any atom is 0.305 e. The summed E-state index contributed by atoms with van der Waals surface area (Å²) < 4.78 is 10.8. The predicted octanol–water partition coefficient (Wildman–Crippen LogP) is 13.5. The molecule has 3 aromatic heterocycles. The molecule has 0 saturated carbocycles. The second kappa shape index (κ2) is 40.1. The molecule has 0 fully saturated rings. The molecule has 3 heterocycles. The molecule has 0 saturated heterocycles. The topological polar surface area (TPSA) is 262 Å². The van der Waals surface area contributed by atoms with Gasteiger partial charge in [0.1, 0.15) is 29.1 Å². The molecule has 0 radical (unpaired) electrons. The highest BCUT2D eigenvalue weighted by atomic mass is 79.9. The normalized spacial score (nSPS) is 10.2. The average molecular weight is 1330 g/mol. The number of ketones is 3. The number of hydrazine groups is 1. The lowest BCUT2D eigenvalue weighted by Gasteiger charge is -2.06. The number of nitrogen functional groups attached to an aromatic ring is 1. The van der Waals surface area contributed by atoms with E-state index in [9.17, 15) is 19.2 Å². The lowest BCUT2D eigenvalue weighted by atomic mass is 9.95. The summed E-state index contributed by atoms with van der Waals surface area (Å²) in [5.41, 5.74) is 18.4. The number of nitrogens with zero attached hydrogens (tertiary/aromatic N) is 6. The number of nitriles is 2. The summed E-state index contributed by atoms with van der Waals surface area (Å²) in [6.45, 7) is 17.0. The van der Waals surface area contributed by atoms with Gasteiger partial charge in [-0.1, -0.05) is 140 Å². The van der Waals surface area contributed by atoms with E-state index in [1.165, 1.54) is 36.1 Å². The Morgan fingerprint density at radius 1 is 0.684 bits per heavy atom. The van der Waals surface area contributed by atoms with Crippen LogP contribution in [0.1, 0.15) is 130 Å². The van der Waals surface area contributed by atoms with E-state index in [0.29, 0.717) is 38.1 Å². The van der Waals surface area contributed by atoms with Crippen LogP contribution in [0.2, 0.25) is 0 Å². The highest BCUT2D eigenvalue weighted by molar-refractivity contribution is 9.11. The summed E-state index contributed by atoms with van der Waals surface area (Å²) in [6, 6.07) is 38.7. The zero-order valence-corrected chi connectivity index (χ0v) is 53.0. The van der Waals surface area contributed by atoms with E-state index in [4.69, 9.17) is 26.3 Å². The first-order valence-corrected chi connectivity index (χ1v) is 28.8. The van der Waals surface area contributed by atoms with E-state index in [-0.39, 0.29) is 29.7 Å². The Hall–Kier alpha value is -6.19. The van der Waals surface area contributed by atoms with Crippen LogP contribution in [0.4, 0.5) is 5.82 Å². The number of nitrogens with two attached hydrogens (primary N) is 3. The molecule has 1 unspecified atom stereocenters. The van der Waals surface area contributed by atoms with Crippen LogP contribution in [0.5, 0.6) is 0 Å². The molecule has 422 valence electrons. The third-order valence-electron chi connectivity index (χ3n) is 11.1. The van der Waals surface area contributed by atoms with Gasteiger partial charge in [-0.2, -0.15) is 20.7 Å². The average Bonchev–Trinajstić information content (AvgIpc) is 4.06. The summed E-state index contributed by atoms with van der Waals surface area (Å²) in [4.78, 5) is 46.3. The number of aromatic nitrogens is 5. The number of H-pyrrole nitrogens is 1. The minimum atomic E-state index is -0.504. The molecule has 0 aliphatic carbocycles. The Balaban J connectivity index is 0.000000491. The largest absolute Gasteiger partial charge is 0.466 e. The molecular weight excluding hydrogens is 1260 g/mol. The minimum absolute atomic E-state index is 0.0143. The molecule has 7 aromatic rings. The number of carbonyl (C=O) groups is 4. The van der Waals surface area contributed by atoms with Gasteiger partial charge in [0.2, 0.25) is 0 Å². The number of rotatable bonds is 16. The van der Waals surface area contributed by atoms with Gasteiger partial charge >= 0.3 is 5.97 Å². The summed E-state index contributed by atoms with van der Waals surface area (Å²) >= 11 is 13.6. The van der Waals surface area contributed by atoms with E-state index in [2.05, 4.69) is 166 Å². The van der Waals surface area contributed by atoms with Gasteiger partial charge < -0.3 is 10.5 Å². The summed E-state index contributed by atoms with van der Waals surface area (Å²) in [5, 5.41) is 28.9. The Bertz CT molecular complexity index is 3010. The number of fused-ring (bicyclic) bond motifs is 1. The Morgan fingerprint density at radius 2 is 1.15 bits per heavy atom. The fourth-order valence-corrected chi connectivity index (χ4v) is 8.25. The van der Waals surface area contributed by atoms with E-state index < -0.39 is 5.92 Å². The molecule has 7 rings (SSSR count). The van der Waals surface area contributed by atoms with Crippen molar-refractivity contribution in [1.82, 2.24) is 24.8 Å². The molecular formula is C60H74Br4N10O5. The zero-order chi connectivity index (χ0) is 59.5. The van der Waals surface area contributed by atoms with E-state index in [1.807, 2.05) is 72.1 Å². The molecule has 19 heteroatoms. The van der Waals surface area contributed by atoms with Crippen molar-refractivity contribution in [2.45, 2.75) is 127 Å². The summed E-state index contributed by atoms with van der Waals surface area (Å²) in [6.07, 6.45) is 6.50. The number of anilines is 1.